The summed E-state index contributed by atoms with van der Waals surface area (Å²) >= 11 is 0. The Morgan fingerprint density at radius 1 is 1.27 bits per heavy atom. The van der Waals surface area contributed by atoms with Gasteiger partial charge in [0.25, 0.3) is 0 Å². The lowest BCUT2D eigenvalue weighted by Gasteiger charge is -2.34. The van der Waals surface area contributed by atoms with Crippen molar-refractivity contribution in [1.82, 2.24) is 19.9 Å². The Bertz CT molecular complexity index is 499. The summed E-state index contributed by atoms with van der Waals surface area (Å²) in [5, 5.41) is 3.96. The van der Waals surface area contributed by atoms with Gasteiger partial charge in [-0.15, -0.1) is 0 Å². The maximum absolute atomic E-state index is 12.1. The summed E-state index contributed by atoms with van der Waals surface area (Å²) in [6.07, 6.45) is 2.14. The minimum absolute atomic E-state index is 0.176. The molecule has 1 aromatic heterocycles. The van der Waals surface area contributed by atoms with E-state index >= 15 is 0 Å². The van der Waals surface area contributed by atoms with Gasteiger partial charge in [-0.3, -0.25) is 9.69 Å². The number of amides is 1. The van der Waals surface area contributed by atoms with Gasteiger partial charge in [0.05, 0.1) is 19.1 Å². The molecule has 7 nitrogen and oxygen atoms in total. The zero-order valence-corrected chi connectivity index (χ0v) is 13.2. The highest BCUT2D eigenvalue weighted by molar-refractivity contribution is 5.77. The molecule has 1 unspecified atom stereocenters. The molecule has 2 fully saturated rings. The molecule has 0 saturated carbocycles. The van der Waals surface area contributed by atoms with Crippen LogP contribution in [0.1, 0.15) is 37.4 Å². The molecule has 1 amide bonds. The molecule has 122 valence electrons. The van der Waals surface area contributed by atoms with E-state index in [1.165, 1.54) is 0 Å². The van der Waals surface area contributed by atoms with Gasteiger partial charge in [0, 0.05) is 45.6 Å². The number of hydrogen-bond acceptors (Lipinski definition) is 6. The SMILES string of the molecule is CCc1noc(C2CCC(=O)N(CCN3CCOCC3)C2)n1. The standard InChI is InChI=1S/C15H24N4O3/c1-2-13-16-15(22-17-13)12-3-4-14(20)19(11-12)6-5-18-7-9-21-10-8-18/h12H,2-11H2,1H3. The first-order valence-corrected chi connectivity index (χ1v) is 8.16. The Hall–Kier alpha value is -1.47. The molecule has 1 aromatic rings. The van der Waals surface area contributed by atoms with Crippen molar-refractivity contribution in [2.75, 3.05) is 45.9 Å². The van der Waals surface area contributed by atoms with Gasteiger partial charge in [0.2, 0.25) is 11.8 Å². The molecule has 0 N–H and O–H groups in total. The number of likely N-dealkylation sites (tertiary alicyclic amines) is 1. The quantitative estimate of drug-likeness (QED) is 0.796. The molecule has 2 aliphatic rings. The molecule has 1 atom stereocenters. The zero-order valence-electron chi connectivity index (χ0n) is 13.2. The van der Waals surface area contributed by atoms with Crippen molar-refractivity contribution in [2.45, 2.75) is 32.1 Å². The van der Waals surface area contributed by atoms with Gasteiger partial charge in [0.1, 0.15) is 0 Å². The first-order valence-electron chi connectivity index (χ1n) is 8.16. The summed E-state index contributed by atoms with van der Waals surface area (Å²) in [6, 6.07) is 0. The van der Waals surface area contributed by atoms with Crippen molar-refractivity contribution in [2.24, 2.45) is 0 Å². The van der Waals surface area contributed by atoms with Crippen LogP contribution < -0.4 is 0 Å². The fraction of sp³-hybridized carbons (Fsp3) is 0.800. The number of rotatable bonds is 5. The topological polar surface area (TPSA) is 71.7 Å². The van der Waals surface area contributed by atoms with E-state index in [-0.39, 0.29) is 11.8 Å². The number of carbonyl (C=O) groups excluding carboxylic acids is 1. The van der Waals surface area contributed by atoms with Crippen LogP contribution in [0.15, 0.2) is 4.52 Å². The van der Waals surface area contributed by atoms with Crippen molar-refractivity contribution in [3.8, 4) is 0 Å². The van der Waals surface area contributed by atoms with Crippen LogP contribution in [0.25, 0.3) is 0 Å². The normalized spacial score (nSPS) is 24.0. The number of aryl methyl sites for hydroxylation is 1. The average molecular weight is 308 g/mol. The molecule has 2 saturated heterocycles. The molecule has 0 radical (unpaired) electrons. The number of ether oxygens (including phenoxy) is 1. The molecule has 0 aromatic carbocycles. The molecule has 7 heteroatoms. The number of morpholine rings is 1. The fourth-order valence-electron chi connectivity index (χ4n) is 3.00. The number of hydrogen-bond donors (Lipinski definition) is 0. The highest BCUT2D eigenvalue weighted by atomic mass is 16.5. The fourth-order valence-corrected chi connectivity index (χ4v) is 3.00. The Labute approximate surface area is 130 Å². The van der Waals surface area contributed by atoms with E-state index in [0.29, 0.717) is 18.9 Å². The number of piperidine rings is 1. The van der Waals surface area contributed by atoms with E-state index in [2.05, 4.69) is 15.0 Å². The van der Waals surface area contributed by atoms with Gasteiger partial charge < -0.3 is 14.2 Å². The highest BCUT2D eigenvalue weighted by Gasteiger charge is 2.30. The lowest BCUT2D eigenvalue weighted by Crippen LogP contribution is -2.45. The van der Waals surface area contributed by atoms with E-state index in [1.54, 1.807) is 0 Å². The van der Waals surface area contributed by atoms with E-state index in [4.69, 9.17) is 9.26 Å². The molecule has 22 heavy (non-hydrogen) atoms. The third-order valence-electron chi connectivity index (χ3n) is 4.44. The molecule has 3 heterocycles. The summed E-state index contributed by atoms with van der Waals surface area (Å²) in [6.45, 7) is 7.86. The summed E-state index contributed by atoms with van der Waals surface area (Å²) in [7, 11) is 0. The van der Waals surface area contributed by atoms with Crippen molar-refractivity contribution < 1.29 is 14.1 Å². The predicted octanol–water partition coefficient (Wildman–Crippen LogP) is 0.670. The smallest absolute Gasteiger partial charge is 0.231 e. The Balaban J connectivity index is 1.54. The second-order valence-corrected chi connectivity index (χ2v) is 5.93. The molecular weight excluding hydrogens is 284 g/mol. The van der Waals surface area contributed by atoms with E-state index in [0.717, 1.165) is 58.1 Å². The summed E-state index contributed by atoms with van der Waals surface area (Å²) < 4.78 is 10.7. The zero-order chi connectivity index (χ0) is 15.4. The van der Waals surface area contributed by atoms with Crippen LogP contribution in [0.2, 0.25) is 0 Å². The maximum Gasteiger partial charge on any atom is 0.231 e. The summed E-state index contributed by atoms with van der Waals surface area (Å²) in [5.41, 5.74) is 0. The summed E-state index contributed by atoms with van der Waals surface area (Å²) in [4.78, 5) is 20.8. The largest absolute Gasteiger partial charge is 0.379 e. The monoisotopic (exact) mass is 308 g/mol. The van der Waals surface area contributed by atoms with Crippen LogP contribution in [0.4, 0.5) is 0 Å². The van der Waals surface area contributed by atoms with Gasteiger partial charge in [-0.1, -0.05) is 12.1 Å². The highest BCUT2D eigenvalue weighted by Crippen LogP contribution is 2.26. The predicted molar refractivity (Wildman–Crippen MR) is 79.5 cm³/mol. The van der Waals surface area contributed by atoms with Crippen LogP contribution >= 0.6 is 0 Å². The second-order valence-electron chi connectivity index (χ2n) is 5.93. The lowest BCUT2D eigenvalue weighted by molar-refractivity contribution is -0.134. The van der Waals surface area contributed by atoms with E-state index in [9.17, 15) is 4.79 Å². The van der Waals surface area contributed by atoms with E-state index < -0.39 is 0 Å². The van der Waals surface area contributed by atoms with Crippen molar-refractivity contribution >= 4 is 5.91 Å². The molecule has 2 aliphatic heterocycles. The Morgan fingerprint density at radius 2 is 2.09 bits per heavy atom. The van der Waals surface area contributed by atoms with Gasteiger partial charge in [-0.25, -0.2) is 0 Å². The maximum atomic E-state index is 12.1. The molecule has 0 bridgehead atoms. The van der Waals surface area contributed by atoms with Gasteiger partial charge in [-0.05, 0) is 6.42 Å². The molecular formula is C15H24N4O3. The van der Waals surface area contributed by atoms with Gasteiger partial charge in [-0.2, -0.15) is 4.98 Å². The number of carbonyl (C=O) groups is 1. The lowest BCUT2D eigenvalue weighted by atomic mass is 9.97. The van der Waals surface area contributed by atoms with Crippen molar-refractivity contribution in [3.05, 3.63) is 11.7 Å². The van der Waals surface area contributed by atoms with Crippen LogP contribution in [-0.4, -0.2) is 71.8 Å². The second kappa shape index (κ2) is 7.19. The minimum Gasteiger partial charge on any atom is -0.379 e. The number of nitrogens with zero attached hydrogens (tertiary/aromatic N) is 4. The first-order chi connectivity index (χ1) is 10.8. The van der Waals surface area contributed by atoms with E-state index in [1.807, 2.05) is 11.8 Å². The Kier molecular flexibility index (Phi) is 5.04. The third kappa shape index (κ3) is 3.64. The van der Waals surface area contributed by atoms with Crippen LogP contribution in [0.3, 0.4) is 0 Å². The van der Waals surface area contributed by atoms with Crippen LogP contribution in [-0.2, 0) is 16.0 Å². The van der Waals surface area contributed by atoms with Crippen LogP contribution in [0, 0.1) is 0 Å². The Morgan fingerprint density at radius 3 is 2.82 bits per heavy atom. The number of aromatic nitrogens is 2. The first kappa shape index (κ1) is 15.4. The van der Waals surface area contributed by atoms with Gasteiger partial charge >= 0.3 is 0 Å². The van der Waals surface area contributed by atoms with Gasteiger partial charge in [0.15, 0.2) is 5.82 Å². The molecule has 0 aliphatic carbocycles. The molecule has 0 spiro atoms. The molecule has 3 rings (SSSR count). The van der Waals surface area contributed by atoms with Crippen molar-refractivity contribution in [1.29, 1.82) is 0 Å². The summed E-state index contributed by atoms with van der Waals surface area (Å²) in [5.74, 6) is 1.84. The average Bonchev–Trinajstić information content (AvgIpc) is 3.04. The van der Waals surface area contributed by atoms with Crippen molar-refractivity contribution in [3.63, 3.8) is 0 Å². The minimum atomic E-state index is 0.176. The third-order valence-corrected chi connectivity index (χ3v) is 4.44. The van der Waals surface area contributed by atoms with Crippen LogP contribution in [0.5, 0.6) is 0 Å².